The molecule has 0 radical (unpaired) electrons. The molecule has 0 aromatic heterocycles. The van der Waals surface area contributed by atoms with Crippen LogP contribution in [0.3, 0.4) is 0 Å². The summed E-state index contributed by atoms with van der Waals surface area (Å²) in [6.45, 7) is 2.45. The van der Waals surface area contributed by atoms with E-state index in [2.05, 4.69) is 10.8 Å². The van der Waals surface area contributed by atoms with Crippen molar-refractivity contribution in [1.29, 1.82) is 0 Å². The second-order valence-corrected chi connectivity index (χ2v) is 5.03. The Bertz CT molecular complexity index is 378. The number of carbonyl (C=O) groups is 1. The maximum atomic E-state index is 10.1. The van der Waals surface area contributed by atoms with Crippen LogP contribution in [-0.4, -0.2) is 31.7 Å². The summed E-state index contributed by atoms with van der Waals surface area (Å²) in [5.41, 5.74) is 4.27. The minimum absolute atomic E-state index is 0.335. The van der Waals surface area contributed by atoms with E-state index in [0.29, 0.717) is 31.8 Å². The van der Waals surface area contributed by atoms with Crippen LogP contribution in [0.25, 0.3) is 0 Å². The van der Waals surface area contributed by atoms with Gasteiger partial charge in [0.1, 0.15) is 0 Å². The molecule has 0 spiro atoms. The molecule has 5 heteroatoms. The van der Waals surface area contributed by atoms with E-state index in [1.807, 2.05) is 30.3 Å². The summed E-state index contributed by atoms with van der Waals surface area (Å²) in [4.78, 5) is 15.6. The number of hydrogen-bond acceptors (Lipinski definition) is 5. The molecule has 0 amide bonds. The van der Waals surface area contributed by atoms with E-state index >= 15 is 0 Å². The molecule has 1 aliphatic rings. The highest BCUT2D eigenvalue weighted by molar-refractivity contribution is 5.36. The highest BCUT2D eigenvalue weighted by Crippen LogP contribution is 2.11. The van der Waals surface area contributed by atoms with Crippen molar-refractivity contribution in [3.05, 3.63) is 35.9 Å². The maximum Gasteiger partial charge on any atom is 0.293 e. The molecule has 1 aromatic carbocycles. The zero-order chi connectivity index (χ0) is 14.0. The topological polar surface area (TPSA) is 59.6 Å². The third-order valence-electron chi connectivity index (χ3n) is 3.50. The Morgan fingerprint density at radius 1 is 1.30 bits per heavy atom. The molecule has 110 valence electrons. The minimum Gasteiger partial charge on any atom is -0.468 e. The molecule has 0 aliphatic carbocycles. The van der Waals surface area contributed by atoms with Crippen LogP contribution in [-0.2, 0) is 21.0 Å². The van der Waals surface area contributed by atoms with Gasteiger partial charge in [0.05, 0.1) is 13.2 Å². The summed E-state index contributed by atoms with van der Waals surface area (Å²) < 4.78 is 4.72. The number of hydroxylamine groups is 1. The van der Waals surface area contributed by atoms with Crippen molar-refractivity contribution in [2.45, 2.75) is 38.0 Å². The van der Waals surface area contributed by atoms with Gasteiger partial charge < -0.3 is 10.1 Å². The fourth-order valence-electron chi connectivity index (χ4n) is 2.34. The Morgan fingerprint density at radius 2 is 2.15 bits per heavy atom. The van der Waals surface area contributed by atoms with Crippen LogP contribution in [0.1, 0.15) is 24.8 Å². The number of ether oxygens (including phenoxy) is 1. The van der Waals surface area contributed by atoms with Crippen molar-refractivity contribution >= 4 is 6.47 Å². The molecule has 5 nitrogen and oxygen atoms in total. The Morgan fingerprint density at radius 3 is 2.85 bits per heavy atom. The minimum atomic E-state index is 0.335. The third-order valence-corrected chi connectivity index (χ3v) is 3.50. The van der Waals surface area contributed by atoms with E-state index in [4.69, 9.17) is 9.57 Å². The van der Waals surface area contributed by atoms with Gasteiger partial charge in [-0.15, -0.1) is 0 Å². The van der Waals surface area contributed by atoms with Crippen LogP contribution >= 0.6 is 0 Å². The Kier molecular flexibility index (Phi) is 6.50. The SMILES string of the molecule is O=COCCC1CCC(NOCc2ccccc2)CN1. The van der Waals surface area contributed by atoms with E-state index in [-0.39, 0.29) is 0 Å². The van der Waals surface area contributed by atoms with Gasteiger partial charge in [0.2, 0.25) is 0 Å². The summed E-state index contributed by atoms with van der Waals surface area (Å²) in [5, 5.41) is 3.44. The molecule has 1 heterocycles. The lowest BCUT2D eigenvalue weighted by Crippen LogP contribution is -2.48. The highest BCUT2D eigenvalue weighted by atomic mass is 16.6. The second-order valence-electron chi connectivity index (χ2n) is 5.03. The van der Waals surface area contributed by atoms with E-state index in [0.717, 1.165) is 31.4 Å². The van der Waals surface area contributed by atoms with Crippen molar-refractivity contribution in [1.82, 2.24) is 10.8 Å². The van der Waals surface area contributed by atoms with E-state index < -0.39 is 0 Å². The van der Waals surface area contributed by atoms with E-state index in [9.17, 15) is 4.79 Å². The predicted octanol–water partition coefficient (Wildman–Crippen LogP) is 1.39. The van der Waals surface area contributed by atoms with Gasteiger partial charge in [-0.25, -0.2) is 0 Å². The Labute approximate surface area is 119 Å². The molecule has 2 rings (SSSR count). The summed E-state index contributed by atoms with van der Waals surface area (Å²) in [6, 6.07) is 10.9. The standard InChI is InChI=1S/C15H22N2O3/c18-12-19-9-8-14-6-7-15(10-16-14)17-20-11-13-4-2-1-3-5-13/h1-5,12,14-17H,6-11H2. The first-order valence-corrected chi connectivity index (χ1v) is 7.08. The average Bonchev–Trinajstić information content (AvgIpc) is 2.50. The summed E-state index contributed by atoms with van der Waals surface area (Å²) in [7, 11) is 0. The van der Waals surface area contributed by atoms with Gasteiger partial charge >= 0.3 is 0 Å². The first-order valence-electron chi connectivity index (χ1n) is 7.08. The van der Waals surface area contributed by atoms with Crippen LogP contribution in [0.5, 0.6) is 0 Å². The number of piperidine rings is 1. The molecule has 2 atom stereocenters. The summed E-state index contributed by atoms with van der Waals surface area (Å²) in [6.07, 6.45) is 3.00. The fourth-order valence-corrected chi connectivity index (χ4v) is 2.34. The van der Waals surface area contributed by atoms with E-state index in [1.54, 1.807) is 0 Å². The van der Waals surface area contributed by atoms with E-state index in [1.165, 1.54) is 0 Å². The zero-order valence-corrected chi connectivity index (χ0v) is 11.6. The largest absolute Gasteiger partial charge is 0.468 e. The number of nitrogens with one attached hydrogen (secondary N) is 2. The molecule has 2 N–H and O–H groups in total. The predicted molar refractivity (Wildman–Crippen MR) is 75.8 cm³/mol. The number of benzene rings is 1. The molecule has 1 saturated heterocycles. The lowest BCUT2D eigenvalue weighted by Gasteiger charge is -2.30. The molecule has 1 fully saturated rings. The first kappa shape index (κ1) is 15.0. The molecule has 1 aliphatic heterocycles. The first-order chi connectivity index (χ1) is 9.88. The second kappa shape index (κ2) is 8.68. The van der Waals surface area contributed by atoms with Crippen molar-refractivity contribution in [3.63, 3.8) is 0 Å². The monoisotopic (exact) mass is 278 g/mol. The van der Waals surface area contributed by atoms with Gasteiger partial charge in [0, 0.05) is 18.6 Å². The van der Waals surface area contributed by atoms with Crippen molar-refractivity contribution in [2.24, 2.45) is 0 Å². The van der Waals surface area contributed by atoms with Gasteiger partial charge in [-0.05, 0) is 24.8 Å². The van der Waals surface area contributed by atoms with Gasteiger partial charge in [-0.2, -0.15) is 5.48 Å². The van der Waals surface area contributed by atoms with Crippen molar-refractivity contribution < 1.29 is 14.4 Å². The van der Waals surface area contributed by atoms with Gasteiger partial charge in [-0.1, -0.05) is 30.3 Å². The average molecular weight is 278 g/mol. The molecule has 2 unspecified atom stereocenters. The normalized spacial score (nSPS) is 22.4. The lowest BCUT2D eigenvalue weighted by atomic mass is 9.99. The zero-order valence-electron chi connectivity index (χ0n) is 11.6. The van der Waals surface area contributed by atoms with Crippen molar-refractivity contribution in [3.8, 4) is 0 Å². The Hall–Kier alpha value is -1.43. The third kappa shape index (κ3) is 5.28. The molecular weight excluding hydrogens is 256 g/mol. The summed E-state index contributed by atoms with van der Waals surface area (Å²) in [5.74, 6) is 0. The quantitative estimate of drug-likeness (QED) is 0.427. The molecule has 1 aromatic rings. The molecule has 0 bridgehead atoms. The highest BCUT2D eigenvalue weighted by Gasteiger charge is 2.20. The van der Waals surface area contributed by atoms with Crippen molar-refractivity contribution in [2.75, 3.05) is 13.2 Å². The Balaban J connectivity index is 1.56. The van der Waals surface area contributed by atoms with Gasteiger partial charge in [-0.3, -0.25) is 9.63 Å². The maximum absolute atomic E-state index is 10.1. The van der Waals surface area contributed by atoms with Crippen LogP contribution in [0.15, 0.2) is 30.3 Å². The summed E-state index contributed by atoms with van der Waals surface area (Å²) >= 11 is 0. The van der Waals surface area contributed by atoms with Crippen LogP contribution in [0, 0.1) is 0 Å². The lowest BCUT2D eigenvalue weighted by molar-refractivity contribution is -0.128. The fraction of sp³-hybridized carbons (Fsp3) is 0.533. The number of carbonyl (C=O) groups excluding carboxylic acids is 1. The smallest absolute Gasteiger partial charge is 0.293 e. The molecule has 0 saturated carbocycles. The molecule has 20 heavy (non-hydrogen) atoms. The van der Waals surface area contributed by atoms with Crippen LogP contribution in [0.2, 0.25) is 0 Å². The molecular formula is C15H22N2O3. The number of rotatable bonds is 8. The van der Waals surface area contributed by atoms with Gasteiger partial charge in [0.25, 0.3) is 6.47 Å². The van der Waals surface area contributed by atoms with Crippen LogP contribution in [0.4, 0.5) is 0 Å². The van der Waals surface area contributed by atoms with Crippen LogP contribution < -0.4 is 10.8 Å². The number of hydrogen-bond donors (Lipinski definition) is 2. The van der Waals surface area contributed by atoms with Gasteiger partial charge in [0.15, 0.2) is 0 Å².